The highest BCUT2D eigenvalue weighted by Gasteiger charge is 2.60. The van der Waals surface area contributed by atoms with E-state index in [1.807, 2.05) is 133 Å². The highest BCUT2D eigenvalue weighted by Crippen LogP contribution is 2.49. The van der Waals surface area contributed by atoms with Crippen molar-refractivity contribution in [2.24, 2.45) is 22.7 Å². The predicted octanol–water partition coefficient (Wildman–Crippen LogP) is 8.57. The number of carbonyl (C=O) groups excluding carboxylic acids is 4. The third-order valence-corrected chi connectivity index (χ3v) is 10.4. The summed E-state index contributed by atoms with van der Waals surface area (Å²) in [5, 5.41) is 0. The van der Waals surface area contributed by atoms with Crippen LogP contribution in [0.25, 0.3) is 0 Å². The van der Waals surface area contributed by atoms with Crippen molar-refractivity contribution < 1.29 is 28.7 Å². The third-order valence-electron chi connectivity index (χ3n) is 10.4. The molecule has 2 heterocycles. The molecule has 280 valence electrons. The van der Waals surface area contributed by atoms with Crippen LogP contribution in [0.5, 0.6) is 0 Å². The fourth-order valence-electron chi connectivity index (χ4n) is 7.69. The van der Waals surface area contributed by atoms with Crippen LogP contribution in [0.15, 0.2) is 98.1 Å². The maximum Gasteiger partial charge on any atom is 0.315 e. The number of carbonyl (C=O) groups is 4. The minimum absolute atomic E-state index is 0.0287. The van der Waals surface area contributed by atoms with Crippen LogP contribution >= 0.6 is 0 Å². The Kier molecular flexibility index (Phi) is 12.4. The quantitative estimate of drug-likeness (QED) is 0.181. The zero-order valence-electron chi connectivity index (χ0n) is 32.4. The molecule has 3 aliphatic rings. The molecule has 2 saturated heterocycles. The summed E-state index contributed by atoms with van der Waals surface area (Å²) in [5.74, 6) is -1.36. The lowest BCUT2D eigenvalue weighted by molar-refractivity contribution is -0.171. The highest BCUT2D eigenvalue weighted by atomic mass is 16.6. The van der Waals surface area contributed by atoms with E-state index in [2.05, 4.69) is 13.2 Å². The van der Waals surface area contributed by atoms with Gasteiger partial charge in [-0.15, -0.1) is 13.2 Å². The fraction of sp³-hybridized carbons (Fsp3) is 0.500. The second-order valence-corrected chi connectivity index (χ2v) is 16.5. The molecule has 0 unspecified atom stereocenters. The van der Waals surface area contributed by atoms with E-state index >= 15 is 0 Å². The lowest BCUT2D eigenvalue weighted by Crippen LogP contribution is -2.44. The number of hydrogen-bond acceptors (Lipinski definition) is 6. The van der Waals surface area contributed by atoms with Crippen molar-refractivity contribution in [2.45, 2.75) is 104 Å². The standard InChI is InChI=1S/C23H31NO3.C21H27NO3/c1-7-12-19-20(25)24(17(3)18-13-10-9-11-14-18)16-23(19,15-8-2)21(26)27-22(4,5)6;1-15(16-10-6-5-7-11-16)22-14-21(19(24)25-20(2,3)4)13-9-8-12-17(21)18(22)23/h7-11,13-14,17,19H,1-2,12,15-16H2,3-6H3;5-11,15,17H,12-14H2,1-4H3/t17-,19+,23-;15-,17+,21-/m11/s1. The van der Waals surface area contributed by atoms with Crippen molar-refractivity contribution in [3.05, 3.63) is 109 Å². The van der Waals surface area contributed by atoms with Crippen LogP contribution in [0.4, 0.5) is 0 Å². The van der Waals surface area contributed by atoms with Crippen LogP contribution in [-0.2, 0) is 28.7 Å². The van der Waals surface area contributed by atoms with Crippen molar-refractivity contribution in [3.63, 3.8) is 0 Å². The average Bonchev–Trinajstić information content (AvgIpc) is 3.56. The molecule has 2 fully saturated rings. The fourth-order valence-corrected chi connectivity index (χ4v) is 7.69. The second-order valence-electron chi connectivity index (χ2n) is 16.5. The van der Waals surface area contributed by atoms with E-state index in [9.17, 15) is 19.2 Å². The largest absolute Gasteiger partial charge is 0.459 e. The first kappa shape index (κ1) is 40.3. The molecule has 0 bridgehead atoms. The molecule has 8 heteroatoms. The lowest BCUT2D eigenvalue weighted by Gasteiger charge is -2.35. The maximum atomic E-state index is 13.3. The first-order chi connectivity index (χ1) is 24.4. The van der Waals surface area contributed by atoms with Gasteiger partial charge in [0.1, 0.15) is 22.0 Å². The zero-order chi connectivity index (χ0) is 38.5. The van der Waals surface area contributed by atoms with Gasteiger partial charge in [-0.3, -0.25) is 19.2 Å². The third kappa shape index (κ3) is 8.59. The van der Waals surface area contributed by atoms with Crippen LogP contribution in [-0.4, -0.2) is 57.8 Å². The van der Waals surface area contributed by atoms with E-state index in [4.69, 9.17) is 9.47 Å². The predicted molar refractivity (Wildman–Crippen MR) is 205 cm³/mol. The molecule has 0 radical (unpaired) electrons. The number of amides is 2. The summed E-state index contributed by atoms with van der Waals surface area (Å²) in [7, 11) is 0. The van der Waals surface area contributed by atoms with E-state index < -0.39 is 27.9 Å². The summed E-state index contributed by atoms with van der Waals surface area (Å²) in [6, 6.07) is 19.7. The van der Waals surface area contributed by atoms with Gasteiger partial charge in [-0.2, -0.15) is 0 Å². The Morgan fingerprint density at radius 2 is 1.27 bits per heavy atom. The molecule has 52 heavy (non-hydrogen) atoms. The Balaban J connectivity index is 0.000000233. The smallest absolute Gasteiger partial charge is 0.315 e. The van der Waals surface area contributed by atoms with E-state index in [1.165, 1.54) is 0 Å². The Labute approximate surface area is 310 Å². The maximum absolute atomic E-state index is 13.3. The summed E-state index contributed by atoms with van der Waals surface area (Å²) < 4.78 is 11.4. The molecule has 2 aromatic rings. The molecular weight excluding hydrogens is 652 g/mol. The van der Waals surface area contributed by atoms with E-state index in [1.54, 1.807) is 17.1 Å². The monoisotopic (exact) mass is 710 g/mol. The summed E-state index contributed by atoms with van der Waals surface area (Å²) >= 11 is 0. The number of fused-ring (bicyclic) bond motifs is 1. The normalized spacial score (nSPS) is 25.4. The minimum atomic E-state index is -0.941. The summed E-state index contributed by atoms with van der Waals surface area (Å²) in [4.78, 5) is 56.3. The van der Waals surface area contributed by atoms with Crippen molar-refractivity contribution in [1.82, 2.24) is 9.80 Å². The summed E-state index contributed by atoms with van der Waals surface area (Å²) in [5.41, 5.74) is -0.751. The van der Waals surface area contributed by atoms with Gasteiger partial charge in [0, 0.05) is 13.1 Å². The Hall–Kier alpha value is -4.46. The van der Waals surface area contributed by atoms with Crippen LogP contribution in [0.3, 0.4) is 0 Å². The van der Waals surface area contributed by atoms with Crippen LogP contribution in [0.1, 0.15) is 104 Å². The molecule has 0 saturated carbocycles. The molecule has 2 aliphatic heterocycles. The average molecular weight is 711 g/mol. The van der Waals surface area contributed by atoms with Gasteiger partial charge in [-0.05, 0) is 92.2 Å². The number of likely N-dealkylation sites (tertiary alicyclic amines) is 2. The van der Waals surface area contributed by atoms with Gasteiger partial charge >= 0.3 is 11.9 Å². The number of rotatable bonds is 10. The molecule has 6 atom stereocenters. The van der Waals surface area contributed by atoms with E-state index in [0.717, 1.165) is 11.1 Å². The first-order valence-corrected chi connectivity index (χ1v) is 18.5. The minimum Gasteiger partial charge on any atom is -0.459 e. The number of benzene rings is 2. The van der Waals surface area contributed by atoms with Gasteiger partial charge in [-0.1, -0.05) is 85.0 Å². The van der Waals surface area contributed by atoms with Gasteiger partial charge < -0.3 is 19.3 Å². The molecule has 0 aromatic heterocycles. The van der Waals surface area contributed by atoms with Crippen molar-refractivity contribution in [3.8, 4) is 0 Å². The molecule has 5 rings (SSSR count). The SMILES string of the molecule is C=CC[C@H]1C(=O)N([C@H](C)c2ccccc2)C[C@@]1(CC=C)C(=O)OC(C)(C)C.C[C@H](c1ccccc1)N1C[C@]2(C(=O)OC(C)(C)C)CC=CC[C@H]2C1=O. The molecule has 2 aromatic carbocycles. The van der Waals surface area contributed by atoms with Gasteiger partial charge in [0.25, 0.3) is 0 Å². The number of nitrogens with zero attached hydrogens (tertiary/aromatic N) is 2. The Morgan fingerprint density at radius 1 is 0.769 bits per heavy atom. The Bertz CT molecular complexity index is 1640. The molecular formula is C44H58N2O6. The lowest BCUT2D eigenvalue weighted by atomic mass is 9.70. The highest BCUT2D eigenvalue weighted by molar-refractivity contribution is 5.93. The number of allylic oxidation sites excluding steroid dienone is 4. The second kappa shape index (κ2) is 16.1. The molecule has 8 nitrogen and oxygen atoms in total. The van der Waals surface area contributed by atoms with Gasteiger partial charge in [-0.25, -0.2) is 0 Å². The van der Waals surface area contributed by atoms with Crippen molar-refractivity contribution >= 4 is 23.8 Å². The number of esters is 2. The van der Waals surface area contributed by atoms with Crippen molar-refractivity contribution in [2.75, 3.05) is 13.1 Å². The zero-order valence-corrected chi connectivity index (χ0v) is 32.4. The number of hydrogen-bond donors (Lipinski definition) is 0. The molecule has 2 amide bonds. The summed E-state index contributed by atoms with van der Waals surface area (Å²) in [6.45, 7) is 23.5. The van der Waals surface area contributed by atoms with E-state index in [0.29, 0.717) is 38.8 Å². The summed E-state index contributed by atoms with van der Waals surface area (Å²) in [6.07, 6.45) is 9.46. The van der Waals surface area contributed by atoms with Gasteiger partial charge in [0.15, 0.2) is 0 Å². The molecule has 0 spiro atoms. The van der Waals surface area contributed by atoms with Gasteiger partial charge in [0.05, 0.1) is 23.9 Å². The van der Waals surface area contributed by atoms with Crippen LogP contribution in [0, 0.1) is 22.7 Å². The Morgan fingerprint density at radius 3 is 1.75 bits per heavy atom. The first-order valence-electron chi connectivity index (χ1n) is 18.5. The number of ether oxygens (including phenoxy) is 2. The van der Waals surface area contributed by atoms with Gasteiger partial charge in [0.2, 0.25) is 11.8 Å². The molecule has 0 N–H and O–H groups in total. The van der Waals surface area contributed by atoms with E-state index in [-0.39, 0.29) is 41.8 Å². The molecule has 1 aliphatic carbocycles. The van der Waals surface area contributed by atoms with Crippen LogP contribution in [0.2, 0.25) is 0 Å². The topological polar surface area (TPSA) is 93.2 Å². The van der Waals surface area contributed by atoms with Crippen LogP contribution < -0.4 is 0 Å². The van der Waals surface area contributed by atoms with Crippen molar-refractivity contribution in [1.29, 1.82) is 0 Å².